The molecule has 8 heteroatoms. The first-order chi connectivity index (χ1) is 15.5. The maximum atomic E-state index is 13.4. The van der Waals surface area contributed by atoms with E-state index in [9.17, 15) is 9.59 Å². The highest BCUT2D eigenvalue weighted by molar-refractivity contribution is 7.10. The highest BCUT2D eigenvalue weighted by atomic mass is 32.1. The number of methoxy groups -OCH3 is 2. The number of hydrogen-bond donors (Lipinski definition) is 0. The summed E-state index contributed by atoms with van der Waals surface area (Å²) in [6.07, 6.45) is 1.57. The minimum Gasteiger partial charge on any atom is -0.493 e. The maximum absolute atomic E-state index is 13.4. The molecule has 0 saturated heterocycles. The van der Waals surface area contributed by atoms with Crippen LogP contribution in [-0.4, -0.2) is 68.2 Å². The molecule has 0 unspecified atom stereocenters. The number of rotatable bonds is 10. The third kappa shape index (κ3) is 5.42. The molecule has 2 amide bonds. The highest BCUT2D eigenvalue weighted by Gasteiger charge is 2.34. The number of fused-ring (bicyclic) bond motifs is 1. The monoisotopic (exact) mass is 460 g/mol. The fraction of sp³-hybridized carbons (Fsp3) is 0.500. The van der Waals surface area contributed by atoms with Crippen LogP contribution in [0.3, 0.4) is 0 Å². The predicted molar refractivity (Wildman–Crippen MR) is 124 cm³/mol. The van der Waals surface area contributed by atoms with Crippen LogP contribution in [0.15, 0.2) is 35.7 Å². The summed E-state index contributed by atoms with van der Waals surface area (Å²) in [6.45, 7) is 4.86. The predicted octanol–water partition coefficient (Wildman–Crippen LogP) is 3.54. The number of carbonyl (C=O) groups excluding carboxylic acids is 2. The topological polar surface area (TPSA) is 68.3 Å². The van der Waals surface area contributed by atoms with Crippen molar-refractivity contribution in [3.63, 3.8) is 0 Å². The average molecular weight is 461 g/mol. The van der Waals surface area contributed by atoms with Gasteiger partial charge < -0.3 is 24.0 Å². The molecule has 2 aromatic rings. The Hall–Kier alpha value is -2.58. The Kier molecular flexibility index (Phi) is 8.53. The van der Waals surface area contributed by atoms with Crippen LogP contribution < -0.4 is 9.47 Å². The summed E-state index contributed by atoms with van der Waals surface area (Å²) in [6, 6.07) is 9.28. The summed E-state index contributed by atoms with van der Waals surface area (Å²) in [5, 5.41) is 2.06. The molecule has 2 atom stereocenters. The van der Waals surface area contributed by atoms with Crippen molar-refractivity contribution >= 4 is 23.2 Å². The Morgan fingerprint density at radius 3 is 2.66 bits per heavy atom. The van der Waals surface area contributed by atoms with Gasteiger partial charge in [-0.15, -0.1) is 11.3 Å². The first-order valence-corrected chi connectivity index (χ1v) is 11.8. The molecule has 0 N–H and O–H groups in total. The second kappa shape index (κ2) is 11.3. The van der Waals surface area contributed by atoms with Gasteiger partial charge in [0.2, 0.25) is 11.8 Å². The smallest absolute Gasteiger partial charge is 0.249 e. The lowest BCUT2D eigenvalue weighted by Gasteiger charge is -2.38. The van der Waals surface area contributed by atoms with Crippen LogP contribution in [0.2, 0.25) is 0 Å². The van der Waals surface area contributed by atoms with Gasteiger partial charge in [-0.2, -0.15) is 0 Å². The Morgan fingerprint density at radius 2 is 1.97 bits per heavy atom. The van der Waals surface area contributed by atoms with Crippen molar-refractivity contribution in [3.05, 3.63) is 46.2 Å². The van der Waals surface area contributed by atoms with Crippen LogP contribution in [0.4, 0.5) is 0 Å². The van der Waals surface area contributed by atoms with E-state index >= 15 is 0 Å². The van der Waals surface area contributed by atoms with E-state index in [4.69, 9.17) is 14.2 Å². The normalized spacial score (nSPS) is 16.2. The first-order valence-electron chi connectivity index (χ1n) is 10.9. The van der Waals surface area contributed by atoms with Crippen LogP contribution in [-0.2, 0) is 20.7 Å². The molecular formula is C24H32N2O5S. The van der Waals surface area contributed by atoms with Gasteiger partial charge in [0.1, 0.15) is 19.8 Å². The van der Waals surface area contributed by atoms with Crippen LogP contribution in [0, 0.1) is 0 Å². The van der Waals surface area contributed by atoms with E-state index in [1.807, 2.05) is 43.0 Å². The molecule has 0 saturated carbocycles. The van der Waals surface area contributed by atoms with Crippen LogP contribution in [0.25, 0.3) is 0 Å². The summed E-state index contributed by atoms with van der Waals surface area (Å²) >= 11 is 1.71. The molecule has 7 nitrogen and oxygen atoms in total. The van der Waals surface area contributed by atoms with E-state index in [2.05, 4.69) is 11.4 Å². The van der Waals surface area contributed by atoms with E-state index in [1.165, 1.54) is 12.0 Å². The van der Waals surface area contributed by atoms with E-state index in [-0.39, 0.29) is 37.0 Å². The van der Waals surface area contributed by atoms with Gasteiger partial charge in [-0.1, -0.05) is 19.1 Å². The largest absolute Gasteiger partial charge is 0.493 e. The molecule has 1 aromatic carbocycles. The number of benzene rings is 1. The number of para-hydroxylation sites is 2. The van der Waals surface area contributed by atoms with Gasteiger partial charge in [0.25, 0.3) is 0 Å². The quantitative estimate of drug-likeness (QED) is 0.543. The van der Waals surface area contributed by atoms with Gasteiger partial charge in [-0.3, -0.25) is 9.59 Å². The Morgan fingerprint density at radius 1 is 1.22 bits per heavy atom. The van der Waals surface area contributed by atoms with Crippen LogP contribution in [0.5, 0.6) is 11.5 Å². The van der Waals surface area contributed by atoms with E-state index in [0.29, 0.717) is 24.7 Å². The fourth-order valence-electron chi connectivity index (χ4n) is 3.93. The molecule has 1 aromatic heterocycles. The summed E-state index contributed by atoms with van der Waals surface area (Å²) < 4.78 is 16.5. The minimum atomic E-state index is -0.223. The summed E-state index contributed by atoms with van der Waals surface area (Å²) in [5.41, 5.74) is 1.11. The maximum Gasteiger partial charge on any atom is 0.249 e. The van der Waals surface area contributed by atoms with Crippen molar-refractivity contribution in [2.75, 3.05) is 40.5 Å². The van der Waals surface area contributed by atoms with Gasteiger partial charge in [-0.05, 0) is 48.9 Å². The van der Waals surface area contributed by atoms with E-state index in [1.54, 1.807) is 23.3 Å². The fourth-order valence-corrected chi connectivity index (χ4v) is 4.86. The number of carbonyl (C=O) groups is 2. The number of nitrogens with zero attached hydrogens (tertiary/aromatic N) is 2. The molecule has 0 fully saturated rings. The van der Waals surface area contributed by atoms with Crippen molar-refractivity contribution in [1.82, 2.24) is 9.80 Å². The zero-order valence-corrected chi connectivity index (χ0v) is 20.0. The van der Waals surface area contributed by atoms with Crippen molar-refractivity contribution < 1.29 is 23.8 Å². The molecule has 174 valence electrons. The highest BCUT2D eigenvalue weighted by Crippen LogP contribution is 2.35. The van der Waals surface area contributed by atoms with E-state index in [0.717, 1.165) is 18.4 Å². The summed E-state index contributed by atoms with van der Waals surface area (Å²) in [5.74, 6) is 1.03. The molecular weight excluding hydrogens is 428 g/mol. The molecule has 32 heavy (non-hydrogen) atoms. The number of amides is 2. The lowest BCUT2D eigenvalue weighted by Crippen LogP contribution is -2.50. The van der Waals surface area contributed by atoms with Gasteiger partial charge in [0.05, 0.1) is 13.2 Å². The lowest BCUT2D eigenvalue weighted by atomic mass is 10.00. The lowest BCUT2D eigenvalue weighted by molar-refractivity contribution is -0.146. The zero-order valence-electron chi connectivity index (χ0n) is 19.2. The molecule has 1 aliphatic rings. The Balaban J connectivity index is 1.80. The van der Waals surface area contributed by atoms with Crippen molar-refractivity contribution in [2.45, 2.75) is 38.8 Å². The van der Waals surface area contributed by atoms with Crippen molar-refractivity contribution in [2.24, 2.45) is 0 Å². The number of ether oxygens (including phenoxy) is 3. The molecule has 0 radical (unpaired) electrons. The Bertz CT molecular complexity index is 915. The summed E-state index contributed by atoms with van der Waals surface area (Å²) in [4.78, 5) is 30.7. The zero-order chi connectivity index (χ0) is 23.1. The molecule has 1 aliphatic heterocycles. The number of thiophene rings is 1. The van der Waals surface area contributed by atoms with Crippen molar-refractivity contribution in [1.29, 1.82) is 0 Å². The SMILES string of the molecule is CC[C@@H](C)N(CC(=O)N1CCc2sccc2[C@@H]1COc1ccccc1OC)C(=O)COC. The average Bonchev–Trinajstić information content (AvgIpc) is 3.29. The van der Waals surface area contributed by atoms with Gasteiger partial charge >= 0.3 is 0 Å². The summed E-state index contributed by atoms with van der Waals surface area (Å²) in [7, 11) is 3.10. The van der Waals surface area contributed by atoms with Gasteiger partial charge in [-0.25, -0.2) is 0 Å². The van der Waals surface area contributed by atoms with Crippen LogP contribution >= 0.6 is 11.3 Å². The molecule has 3 rings (SSSR count). The van der Waals surface area contributed by atoms with Crippen molar-refractivity contribution in [3.8, 4) is 11.5 Å². The van der Waals surface area contributed by atoms with Gasteiger partial charge in [0, 0.05) is 24.6 Å². The minimum absolute atomic E-state index is 0.0296. The molecule has 0 spiro atoms. The van der Waals surface area contributed by atoms with Gasteiger partial charge in [0.15, 0.2) is 11.5 Å². The molecule has 0 bridgehead atoms. The molecule has 0 aliphatic carbocycles. The first kappa shape index (κ1) is 24.1. The Labute approximate surface area is 193 Å². The third-order valence-electron chi connectivity index (χ3n) is 5.90. The standard InChI is InChI=1S/C24H32N2O5S/c1-5-17(2)26(24(28)16-29-3)14-23(27)25-12-10-22-18(11-13-32-22)19(25)15-31-21-9-7-6-8-20(21)30-4/h6-9,11,13,17,19H,5,10,12,14-16H2,1-4H3/t17-,19+/m1/s1. The van der Waals surface area contributed by atoms with Crippen LogP contribution in [0.1, 0.15) is 36.8 Å². The second-order valence-corrected chi connectivity index (χ2v) is 8.83. The second-order valence-electron chi connectivity index (χ2n) is 7.83. The van der Waals surface area contributed by atoms with E-state index < -0.39 is 0 Å². The number of hydrogen-bond acceptors (Lipinski definition) is 6. The third-order valence-corrected chi connectivity index (χ3v) is 6.89. The molecule has 2 heterocycles.